The summed E-state index contributed by atoms with van der Waals surface area (Å²) in [7, 11) is 1.70. The molecule has 128 valence electrons. The number of aryl methyl sites for hydroxylation is 2. The van der Waals surface area contributed by atoms with Gasteiger partial charge in [-0.05, 0) is 38.8 Å². The minimum Gasteiger partial charge on any atom is -0.380 e. The van der Waals surface area contributed by atoms with Gasteiger partial charge < -0.3 is 9.64 Å². The Hall–Kier alpha value is -2.34. The van der Waals surface area contributed by atoms with Crippen LogP contribution in [0.3, 0.4) is 0 Å². The summed E-state index contributed by atoms with van der Waals surface area (Å²) in [4.78, 5) is 14.4. The molecule has 24 heavy (non-hydrogen) atoms. The number of aromatic nitrogens is 2. The van der Waals surface area contributed by atoms with Crippen molar-refractivity contribution in [1.82, 2.24) is 14.7 Å². The smallest absolute Gasteiger partial charge is 0.323 e. The highest BCUT2D eigenvalue weighted by Gasteiger charge is 2.24. The standard InChI is InChI=1S/C18H24N4O2/c1-13-6-8-15(9-7-13)22-17(11-14(2)20-22)19-18(23)21-10-4-5-16(12-21)24-3/h6-9,11,16H,4-5,10,12H2,1-3H3,(H,19,23). The molecule has 1 aliphatic rings. The molecule has 2 heterocycles. The molecule has 0 spiro atoms. The number of ether oxygens (including phenoxy) is 1. The lowest BCUT2D eigenvalue weighted by molar-refractivity contribution is 0.0458. The van der Waals surface area contributed by atoms with Crippen LogP contribution in [0.5, 0.6) is 0 Å². The van der Waals surface area contributed by atoms with Gasteiger partial charge in [0.05, 0.1) is 17.5 Å². The molecule has 2 aromatic rings. The maximum atomic E-state index is 12.6. The van der Waals surface area contributed by atoms with Gasteiger partial charge in [0.1, 0.15) is 5.82 Å². The third-order valence-corrected chi connectivity index (χ3v) is 4.34. The number of methoxy groups -OCH3 is 1. The number of amides is 2. The molecule has 2 amide bonds. The van der Waals surface area contributed by atoms with Crippen LogP contribution in [-0.4, -0.2) is 47.0 Å². The number of carbonyl (C=O) groups is 1. The number of urea groups is 1. The molecule has 1 saturated heterocycles. The second-order valence-electron chi connectivity index (χ2n) is 6.29. The Bertz CT molecular complexity index is 708. The minimum absolute atomic E-state index is 0.106. The summed E-state index contributed by atoms with van der Waals surface area (Å²) in [6.45, 7) is 5.34. The average molecular weight is 328 g/mol. The van der Waals surface area contributed by atoms with Crippen LogP contribution in [0, 0.1) is 13.8 Å². The lowest BCUT2D eigenvalue weighted by Gasteiger charge is -2.31. The maximum Gasteiger partial charge on any atom is 0.323 e. The Morgan fingerprint density at radius 3 is 2.75 bits per heavy atom. The van der Waals surface area contributed by atoms with Crippen molar-refractivity contribution in [3.05, 3.63) is 41.6 Å². The zero-order valence-corrected chi connectivity index (χ0v) is 14.5. The van der Waals surface area contributed by atoms with E-state index in [4.69, 9.17) is 4.74 Å². The molecule has 1 N–H and O–H groups in total. The zero-order chi connectivity index (χ0) is 17.1. The van der Waals surface area contributed by atoms with Crippen LogP contribution in [-0.2, 0) is 4.74 Å². The summed E-state index contributed by atoms with van der Waals surface area (Å²) in [5.74, 6) is 0.681. The number of nitrogens with zero attached hydrogens (tertiary/aromatic N) is 3. The first-order chi connectivity index (χ1) is 11.6. The van der Waals surface area contributed by atoms with E-state index in [9.17, 15) is 4.79 Å². The van der Waals surface area contributed by atoms with E-state index in [1.54, 1.807) is 16.7 Å². The number of benzene rings is 1. The molecule has 3 rings (SSSR count). The molecule has 6 heteroatoms. The van der Waals surface area contributed by atoms with Crippen LogP contribution in [0.2, 0.25) is 0 Å². The summed E-state index contributed by atoms with van der Waals surface area (Å²) < 4.78 is 7.16. The number of hydrogen-bond acceptors (Lipinski definition) is 3. The average Bonchev–Trinajstić information content (AvgIpc) is 2.96. The number of piperidine rings is 1. The maximum absolute atomic E-state index is 12.6. The Morgan fingerprint density at radius 2 is 2.04 bits per heavy atom. The van der Waals surface area contributed by atoms with Gasteiger partial charge in [-0.1, -0.05) is 17.7 Å². The summed E-state index contributed by atoms with van der Waals surface area (Å²) in [5, 5.41) is 7.49. The summed E-state index contributed by atoms with van der Waals surface area (Å²) in [6, 6.07) is 9.84. The highest BCUT2D eigenvalue weighted by Crippen LogP contribution is 2.19. The van der Waals surface area contributed by atoms with Gasteiger partial charge in [-0.2, -0.15) is 5.10 Å². The number of hydrogen-bond donors (Lipinski definition) is 1. The van der Waals surface area contributed by atoms with Crippen molar-refractivity contribution in [2.75, 3.05) is 25.5 Å². The second kappa shape index (κ2) is 7.05. The molecular weight excluding hydrogens is 304 g/mol. The van der Waals surface area contributed by atoms with Gasteiger partial charge in [-0.15, -0.1) is 0 Å². The fourth-order valence-electron chi connectivity index (χ4n) is 2.97. The van der Waals surface area contributed by atoms with Crippen LogP contribution in [0.1, 0.15) is 24.1 Å². The monoisotopic (exact) mass is 328 g/mol. The van der Waals surface area contributed by atoms with Gasteiger partial charge in [0, 0.05) is 26.3 Å². The van der Waals surface area contributed by atoms with Crippen molar-refractivity contribution < 1.29 is 9.53 Å². The summed E-state index contributed by atoms with van der Waals surface area (Å²) in [5.41, 5.74) is 2.98. The normalized spacial score (nSPS) is 17.8. The Morgan fingerprint density at radius 1 is 1.29 bits per heavy atom. The molecule has 1 fully saturated rings. The van der Waals surface area contributed by atoms with Crippen molar-refractivity contribution in [1.29, 1.82) is 0 Å². The molecule has 1 atom stereocenters. The minimum atomic E-state index is -0.106. The highest BCUT2D eigenvalue weighted by atomic mass is 16.5. The Balaban J connectivity index is 1.77. The van der Waals surface area contributed by atoms with E-state index in [0.717, 1.165) is 30.8 Å². The second-order valence-corrected chi connectivity index (χ2v) is 6.29. The summed E-state index contributed by atoms with van der Waals surface area (Å²) >= 11 is 0. The zero-order valence-electron chi connectivity index (χ0n) is 14.5. The van der Waals surface area contributed by atoms with E-state index in [1.165, 1.54) is 5.56 Å². The Kier molecular flexibility index (Phi) is 4.85. The van der Waals surface area contributed by atoms with Crippen molar-refractivity contribution in [3.63, 3.8) is 0 Å². The molecule has 1 aliphatic heterocycles. The molecule has 6 nitrogen and oxygen atoms in total. The molecule has 0 aliphatic carbocycles. The predicted octanol–water partition coefficient (Wildman–Crippen LogP) is 3.13. The summed E-state index contributed by atoms with van der Waals surface area (Å²) in [6.07, 6.45) is 2.08. The van der Waals surface area contributed by atoms with Gasteiger partial charge in [-0.3, -0.25) is 5.32 Å². The topological polar surface area (TPSA) is 59.4 Å². The number of likely N-dealkylation sites (tertiary alicyclic amines) is 1. The lowest BCUT2D eigenvalue weighted by atomic mass is 10.1. The van der Waals surface area contributed by atoms with Gasteiger partial charge in [0.2, 0.25) is 0 Å². The number of rotatable bonds is 3. The van der Waals surface area contributed by atoms with E-state index in [1.807, 2.05) is 44.2 Å². The van der Waals surface area contributed by atoms with Crippen molar-refractivity contribution in [2.45, 2.75) is 32.8 Å². The fourth-order valence-corrected chi connectivity index (χ4v) is 2.97. The first kappa shape index (κ1) is 16.5. The largest absolute Gasteiger partial charge is 0.380 e. The van der Waals surface area contributed by atoms with Crippen LogP contribution in [0.4, 0.5) is 10.6 Å². The van der Waals surface area contributed by atoms with Crippen LogP contribution < -0.4 is 5.32 Å². The van der Waals surface area contributed by atoms with Gasteiger partial charge in [-0.25, -0.2) is 9.48 Å². The first-order valence-corrected chi connectivity index (χ1v) is 8.29. The number of nitrogens with one attached hydrogen (secondary N) is 1. The van der Waals surface area contributed by atoms with Crippen molar-refractivity contribution in [2.24, 2.45) is 0 Å². The van der Waals surface area contributed by atoms with E-state index in [2.05, 4.69) is 10.4 Å². The fraction of sp³-hybridized carbons (Fsp3) is 0.444. The molecule has 0 radical (unpaired) electrons. The van der Waals surface area contributed by atoms with Gasteiger partial charge in [0.25, 0.3) is 0 Å². The third kappa shape index (κ3) is 3.59. The molecule has 1 unspecified atom stereocenters. The van der Waals surface area contributed by atoms with Crippen LogP contribution in [0.15, 0.2) is 30.3 Å². The predicted molar refractivity (Wildman–Crippen MR) is 93.7 cm³/mol. The lowest BCUT2D eigenvalue weighted by Crippen LogP contribution is -2.45. The number of carbonyl (C=O) groups excluding carboxylic acids is 1. The van der Waals surface area contributed by atoms with E-state index >= 15 is 0 Å². The van der Waals surface area contributed by atoms with Crippen LogP contribution in [0.25, 0.3) is 5.69 Å². The molecule has 0 bridgehead atoms. The molecule has 1 aromatic carbocycles. The van der Waals surface area contributed by atoms with E-state index in [-0.39, 0.29) is 12.1 Å². The van der Waals surface area contributed by atoms with Crippen LogP contribution >= 0.6 is 0 Å². The third-order valence-electron chi connectivity index (χ3n) is 4.34. The molecule has 0 saturated carbocycles. The SMILES string of the molecule is COC1CCCN(C(=O)Nc2cc(C)nn2-c2ccc(C)cc2)C1. The van der Waals surface area contributed by atoms with Gasteiger partial charge in [0.15, 0.2) is 0 Å². The number of anilines is 1. The Labute approximate surface area is 142 Å². The van der Waals surface area contributed by atoms with E-state index in [0.29, 0.717) is 12.4 Å². The van der Waals surface area contributed by atoms with Gasteiger partial charge >= 0.3 is 6.03 Å². The first-order valence-electron chi connectivity index (χ1n) is 8.29. The quantitative estimate of drug-likeness (QED) is 0.942. The van der Waals surface area contributed by atoms with Crippen molar-refractivity contribution >= 4 is 11.8 Å². The molecular formula is C18H24N4O2. The van der Waals surface area contributed by atoms with Crippen molar-refractivity contribution in [3.8, 4) is 5.69 Å². The van der Waals surface area contributed by atoms with E-state index < -0.39 is 0 Å². The highest BCUT2D eigenvalue weighted by molar-refractivity contribution is 5.89. The molecule has 1 aromatic heterocycles.